The molecule has 14 heavy (non-hydrogen) atoms. The maximum Gasteiger partial charge on any atom is 0.309 e. The van der Waals surface area contributed by atoms with Gasteiger partial charge < -0.3 is 5.11 Å². The Balaban J connectivity index is 1.82. The van der Waals surface area contributed by atoms with Gasteiger partial charge in [0.2, 0.25) is 0 Å². The normalized spacial score (nSPS) is 18.1. The second kappa shape index (κ2) is 3.88. The molecule has 1 aromatic heterocycles. The molecule has 0 aliphatic carbocycles. The zero-order chi connectivity index (χ0) is 10.1. The van der Waals surface area contributed by atoms with Gasteiger partial charge in [-0.3, -0.25) is 9.69 Å². The topological polar surface area (TPSA) is 40.5 Å². The summed E-state index contributed by atoms with van der Waals surface area (Å²) in [4.78, 5) is 13.8. The number of nitrogens with zero attached hydrogens (tertiary/aromatic N) is 1. The minimum absolute atomic E-state index is 0.176. The van der Waals surface area contributed by atoms with E-state index in [4.69, 9.17) is 16.7 Å². The molecular weight excluding hydrogens is 222 g/mol. The number of halogens is 1. The molecule has 0 saturated carbocycles. The molecule has 1 aliphatic rings. The van der Waals surface area contributed by atoms with Crippen LogP contribution in [0.3, 0.4) is 0 Å². The molecule has 76 valence electrons. The fraction of sp³-hybridized carbons (Fsp3) is 0.444. The average molecular weight is 232 g/mol. The number of hydrogen-bond acceptors (Lipinski definition) is 3. The molecule has 1 N–H and O–H groups in total. The summed E-state index contributed by atoms with van der Waals surface area (Å²) in [6.45, 7) is 2.14. The van der Waals surface area contributed by atoms with Crippen LogP contribution in [-0.2, 0) is 11.3 Å². The maximum atomic E-state index is 10.5. The van der Waals surface area contributed by atoms with Crippen molar-refractivity contribution in [2.75, 3.05) is 13.1 Å². The number of hydrogen-bond donors (Lipinski definition) is 1. The van der Waals surface area contributed by atoms with Crippen LogP contribution in [-0.4, -0.2) is 29.1 Å². The smallest absolute Gasteiger partial charge is 0.309 e. The number of thiophene rings is 1. The Morgan fingerprint density at radius 1 is 1.64 bits per heavy atom. The highest BCUT2D eigenvalue weighted by atomic mass is 35.5. The minimum Gasteiger partial charge on any atom is -0.481 e. The number of carboxylic acid groups (broad SMARTS) is 1. The van der Waals surface area contributed by atoms with Gasteiger partial charge in [0.1, 0.15) is 0 Å². The van der Waals surface area contributed by atoms with Gasteiger partial charge in [-0.1, -0.05) is 11.6 Å². The lowest BCUT2D eigenvalue weighted by atomic mass is 10.0. The third-order valence-corrected chi connectivity index (χ3v) is 3.53. The Kier molecular flexibility index (Phi) is 2.76. The molecule has 1 aromatic rings. The lowest BCUT2D eigenvalue weighted by Crippen LogP contribution is -2.49. The Bertz CT molecular complexity index is 346. The van der Waals surface area contributed by atoms with Crippen molar-refractivity contribution in [1.82, 2.24) is 4.90 Å². The van der Waals surface area contributed by atoms with Gasteiger partial charge in [-0.15, -0.1) is 11.3 Å². The van der Waals surface area contributed by atoms with E-state index in [2.05, 4.69) is 4.90 Å². The van der Waals surface area contributed by atoms with Crippen LogP contribution in [0.5, 0.6) is 0 Å². The van der Waals surface area contributed by atoms with Crippen LogP contribution in [0.25, 0.3) is 0 Å². The summed E-state index contributed by atoms with van der Waals surface area (Å²) in [5.74, 6) is -0.865. The summed E-state index contributed by atoms with van der Waals surface area (Å²) in [5.41, 5.74) is 0. The molecule has 1 aliphatic heterocycles. The molecule has 2 heterocycles. The predicted molar refractivity (Wildman–Crippen MR) is 55.7 cm³/mol. The predicted octanol–water partition coefficient (Wildman–Crippen LogP) is 1.92. The summed E-state index contributed by atoms with van der Waals surface area (Å²) < 4.78 is 0.787. The van der Waals surface area contributed by atoms with Crippen molar-refractivity contribution >= 4 is 28.9 Å². The number of rotatable bonds is 3. The fourth-order valence-electron chi connectivity index (χ4n) is 1.51. The van der Waals surface area contributed by atoms with Gasteiger partial charge in [-0.05, 0) is 12.1 Å². The molecule has 0 amide bonds. The third-order valence-electron chi connectivity index (χ3n) is 2.31. The third kappa shape index (κ3) is 2.08. The molecule has 0 unspecified atom stereocenters. The Hall–Kier alpha value is -0.580. The standard InChI is InChI=1S/C9H10ClNO2S/c10-8-2-1-7(14-8)5-11-3-6(4-11)9(12)13/h1-2,6H,3-5H2,(H,12,13). The SMILES string of the molecule is O=C(O)C1CN(Cc2ccc(Cl)s2)C1. The van der Waals surface area contributed by atoms with Crippen LogP contribution < -0.4 is 0 Å². The highest BCUT2D eigenvalue weighted by Crippen LogP contribution is 2.25. The summed E-state index contributed by atoms with van der Waals surface area (Å²) in [6, 6.07) is 3.86. The number of aliphatic carboxylic acids is 1. The molecule has 0 bridgehead atoms. The van der Waals surface area contributed by atoms with Crippen molar-refractivity contribution in [2.24, 2.45) is 5.92 Å². The van der Waals surface area contributed by atoms with Crippen LogP contribution in [0.15, 0.2) is 12.1 Å². The molecule has 0 atom stereocenters. The summed E-state index contributed by atoms with van der Waals surface area (Å²) >= 11 is 7.34. The van der Waals surface area contributed by atoms with Crippen LogP contribution in [0.1, 0.15) is 4.88 Å². The van der Waals surface area contributed by atoms with Crippen molar-refractivity contribution < 1.29 is 9.90 Å². The van der Waals surface area contributed by atoms with E-state index in [1.165, 1.54) is 4.88 Å². The Labute approximate surface area is 90.9 Å². The zero-order valence-electron chi connectivity index (χ0n) is 7.44. The second-order valence-corrected chi connectivity index (χ2v) is 5.23. The molecule has 0 spiro atoms. The Morgan fingerprint density at radius 3 is 2.86 bits per heavy atom. The van der Waals surface area contributed by atoms with E-state index in [1.807, 2.05) is 12.1 Å². The highest BCUT2D eigenvalue weighted by Gasteiger charge is 2.32. The van der Waals surface area contributed by atoms with E-state index in [1.54, 1.807) is 11.3 Å². The molecule has 3 nitrogen and oxygen atoms in total. The first kappa shape index (κ1) is 9.96. The van der Waals surface area contributed by atoms with E-state index >= 15 is 0 Å². The highest BCUT2D eigenvalue weighted by molar-refractivity contribution is 7.16. The van der Waals surface area contributed by atoms with E-state index < -0.39 is 5.97 Å². The number of carboxylic acids is 1. The van der Waals surface area contributed by atoms with Crippen LogP contribution >= 0.6 is 22.9 Å². The van der Waals surface area contributed by atoms with E-state index in [9.17, 15) is 4.79 Å². The lowest BCUT2D eigenvalue weighted by Gasteiger charge is -2.36. The van der Waals surface area contributed by atoms with Crippen molar-refractivity contribution in [1.29, 1.82) is 0 Å². The summed E-state index contributed by atoms with van der Waals surface area (Å²) in [5, 5.41) is 8.68. The molecule has 1 fully saturated rings. The van der Waals surface area contributed by atoms with Gasteiger partial charge in [0.15, 0.2) is 0 Å². The van der Waals surface area contributed by atoms with Gasteiger partial charge in [-0.2, -0.15) is 0 Å². The van der Waals surface area contributed by atoms with Gasteiger partial charge in [0.05, 0.1) is 10.3 Å². The maximum absolute atomic E-state index is 10.5. The van der Waals surface area contributed by atoms with Crippen LogP contribution in [0.4, 0.5) is 0 Å². The van der Waals surface area contributed by atoms with Crippen molar-refractivity contribution in [3.8, 4) is 0 Å². The number of likely N-dealkylation sites (tertiary alicyclic amines) is 1. The van der Waals surface area contributed by atoms with E-state index in [-0.39, 0.29) is 5.92 Å². The molecule has 1 saturated heterocycles. The zero-order valence-corrected chi connectivity index (χ0v) is 9.01. The van der Waals surface area contributed by atoms with Crippen molar-refractivity contribution in [3.05, 3.63) is 21.3 Å². The summed E-state index contributed by atoms with van der Waals surface area (Å²) in [6.07, 6.45) is 0. The quantitative estimate of drug-likeness (QED) is 0.864. The van der Waals surface area contributed by atoms with Crippen molar-refractivity contribution in [3.63, 3.8) is 0 Å². The van der Waals surface area contributed by atoms with Gasteiger partial charge in [-0.25, -0.2) is 0 Å². The molecule has 0 radical (unpaired) electrons. The number of carbonyl (C=O) groups is 1. The average Bonchev–Trinajstić information content (AvgIpc) is 2.42. The second-order valence-electron chi connectivity index (χ2n) is 3.44. The molecule has 5 heteroatoms. The summed E-state index contributed by atoms with van der Waals surface area (Å²) in [7, 11) is 0. The monoisotopic (exact) mass is 231 g/mol. The minimum atomic E-state index is -0.689. The van der Waals surface area contributed by atoms with E-state index in [0.29, 0.717) is 13.1 Å². The van der Waals surface area contributed by atoms with Gasteiger partial charge in [0, 0.05) is 24.5 Å². The Morgan fingerprint density at radius 2 is 2.36 bits per heavy atom. The van der Waals surface area contributed by atoms with Gasteiger partial charge in [0.25, 0.3) is 0 Å². The molecule has 0 aromatic carbocycles. The van der Waals surface area contributed by atoms with Crippen LogP contribution in [0, 0.1) is 5.92 Å². The molecule has 2 rings (SSSR count). The first-order valence-electron chi connectivity index (χ1n) is 4.34. The van der Waals surface area contributed by atoms with Gasteiger partial charge >= 0.3 is 5.97 Å². The first-order chi connectivity index (χ1) is 6.65. The van der Waals surface area contributed by atoms with Crippen LogP contribution in [0.2, 0.25) is 4.34 Å². The lowest BCUT2D eigenvalue weighted by molar-refractivity contribution is -0.147. The largest absolute Gasteiger partial charge is 0.481 e. The molecular formula is C9H10ClNO2S. The van der Waals surface area contributed by atoms with Crippen molar-refractivity contribution in [2.45, 2.75) is 6.54 Å². The first-order valence-corrected chi connectivity index (χ1v) is 5.54. The fourth-order valence-corrected chi connectivity index (χ4v) is 2.64. The van der Waals surface area contributed by atoms with E-state index in [0.717, 1.165) is 10.9 Å².